The average molecular weight is 737 g/mol. The van der Waals surface area contributed by atoms with E-state index in [9.17, 15) is 36.9 Å². The van der Waals surface area contributed by atoms with Crippen molar-refractivity contribution in [3.05, 3.63) is 156 Å². The molecule has 0 unspecified atom stereocenters. The second kappa shape index (κ2) is 13.3. The fourth-order valence-electron chi connectivity index (χ4n) is 6.59. The highest BCUT2D eigenvalue weighted by molar-refractivity contribution is 6.10. The van der Waals surface area contributed by atoms with Crippen LogP contribution in [0.15, 0.2) is 133 Å². The van der Waals surface area contributed by atoms with Crippen LogP contribution in [0.4, 0.5) is 26.3 Å². The van der Waals surface area contributed by atoms with Crippen LogP contribution < -0.4 is 0 Å². The predicted molar refractivity (Wildman–Crippen MR) is 195 cm³/mol. The molecule has 0 aliphatic heterocycles. The third-order valence-corrected chi connectivity index (χ3v) is 9.12. The molecule has 0 fully saturated rings. The summed E-state index contributed by atoms with van der Waals surface area (Å²) < 4.78 is 86.8. The quantitative estimate of drug-likeness (QED) is 0.164. The number of fused-ring (bicyclic) bond motifs is 3. The Bertz CT molecular complexity index is 2710. The number of rotatable bonds is 5. The van der Waals surface area contributed by atoms with Crippen LogP contribution >= 0.6 is 0 Å². The van der Waals surface area contributed by atoms with E-state index in [1.54, 1.807) is 97.1 Å². The summed E-state index contributed by atoms with van der Waals surface area (Å²) in [6.45, 7) is 0. The van der Waals surface area contributed by atoms with Gasteiger partial charge in [0.15, 0.2) is 17.5 Å². The molecule has 0 aliphatic carbocycles. The minimum atomic E-state index is -5.09. The molecule has 266 valence electrons. The SMILES string of the molecule is N#Cc1ccc2c(c1)c1cc(C#N)ccc1n2-c1ccc(-c2cc(C(F)(F)F)cc(C(F)(F)F)c2)c(-c2nc(-c3ccccc3)nc(-c3ccccc3)n2)c1. The lowest BCUT2D eigenvalue weighted by atomic mass is 9.94. The molecule has 0 spiro atoms. The molecule has 8 aromatic rings. The van der Waals surface area contributed by atoms with Gasteiger partial charge in [-0.15, -0.1) is 0 Å². The lowest BCUT2D eigenvalue weighted by Gasteiger charge is -2.18. The number of hydrogen-bond donors (Lipinski definition) is 0. The van der Waals surface area contributed by atoms with E-state index in [2.05, 4.69) is 12.1 Å². The zero-order valence-corrected chi connectivity index (χ0v) is 28.2. The molecular formula is C43H22F6N6. The molecule has 0 atom stereocenters. The molecular weight excluding hydrogens is 715 g/mol. The summed E-state index contributed by atoms with van der Waals surface area (Å²) in [5.41, 5.74) is 0.506. The average Bonchev–Trinajstić information content (AvgIpc) is 3.53. The number of aromatic nitrogens is 4. The number of benzene rings is 6. The maximum atomic E-state index is 14.2. The molecule has 2 aromatic heterocycles. The molecule has 6 nitrogen and oxygen atoms in total. The van der Waals surface area contributed by atoms with Crippen LogP contribution in [0.1, 0.15) is 22.3 Å². The van der Waals surface area contributed by atoms with Crippen LogP contribution in [0.25, 0.3) is 72.8 Å². The first-order chi connectivity index (χ1) is 26.4. The number of hydrogen-bond acceptors (Lipinski definition) is 5. The highest BCUT2D eigenvalue weighted by Gasteiger charge is 2.37. The number of alkyl halides is 6. The Kier molecular flexibility index (Phi) is 8.39. The Morgan fingerprint density at radius 3 is 1.38 bits per heavy atom. The molecule has 0 saturated carbocycles. The molecule has 0 bridgehead atoms. The van der Waals surface area contributed by atoms with Crippen molar-refractivity contribution in [2.45, 2.75) is 12.4 Å². The highest BCUT2D eigenvalue weighted by atomic mass is 19.4. The smallest absolute Gasteiger partial charge is 0.309 e. The van der Waals surface area contributed by atoms with Gasteiger partial charge in [-0.1, -0.05) is 66.7 Å². The van der Waals surface area contributed by atoms with Gasteiger partial charge in [-0.2, -0.15) is 36.9 Å². The van der Waals surface area contributed by atoms with E-state index in [1.165, 1.54) is 6.07 Å². The van der Waals surface area contributed by atoms with Crippen LogP contribution in [0, 0.1) is 22.7 Å². The number of nitriles is 2. The summed E-state index contributed by atoms with van der Waals surface area (Å²) in [6.07, 6.45) is -10.2. The Morgan fingerprint density at radius 2 is 0.927 bits per heavy atom. The zero-order valence-electron chi connectivity index (χ0n) is 28.2. The molecule has 0 amide bonds. The van der Waals surface area contributed by atoms with Crippen LogP contribution in [-0.2, 0) is 12.4 Å². The molecule has 0 radical (unpaired) electrons. The minimum absolute atomic E-state index is 0.00359. The van der Waals surface area contributed by atoms with Gasteiger partial charge in [0.05, 0.1) is 45.4 Å². The largest absolute Gasteiger partial charge is 0.416 e. The van der Waals surface area contributed by atoms with Crippen molar-refractivity contribution in [3.63, 3.8) is 0 Å². The van der Waals surface area contributed by atoms with Crippen LogP contribution in [0.5, 0.6) is 0 Å². The van der Waals surface area contributed by atoms with Crippen molar-refractivity contribution in [2.75, 3.05) is 0 Å². The predicted octanol–water partition coefficient (Wildman–Crippen LogP) is 11.4. The van der Waals surface area contributed by atoms with Gasteiger partial charge in [0.25, 0.3) is 0 Å². The summed E-state index contributed by atoms with van der Waals surface area (Å²) in [5.74, 6) is 0.450. The third-order valence-electron chi connectivity index (χ3n) is 9.12. The van der Waals surface area contributed by atoms with Crippen LogP contribution in [-0.4, -0.2) is 19.5 Å². The van der Waals surface area contributed by atoms with Gasteiger partial charge in [-0.05, 0) is 77.9 Å². The van der Waals surface area contributed by atoms with E-state index in [-0.39, 0.29) is 40.2 Å². The van der Waals surface area contributed by atoms with Gasteiger partial charge in [0, 0.05) is 33.2 Å². The fraction of sp³-hybridized carbons (Fsp3) is 0.0465. The maximum absolute atomic E-state index is 14.2. The second-order valence-corrected chi connectivity index (χ2v) is 12.6. The van der Waals surface area contributed by atoms with Gasteiger partial charge in [-0.3, -0.25) is 0 Å². The fourth-order valence-corrected chi connectivity index (χ4v) is 6.59. The molecule has 12 heteroatoms. The van der Waals surface area contributed by atoms with Crippen molar-refractivity contribution in [1.29, 1.82) is 10.5 Å². The topological polar surface area (TPSA) is 91.2 Å². The van der Waals surface area contributed by atoms with E-state index < -0.39 is 23.5 Å². The Labute approximate surface area is 308 Å². The lowest BCUT2D eigenvalue weighted by Crippen LogP contribution is -2.11. The summed E-state index contributed by atoms with van der Waals surface area (Å²) in [7, 11) is 0. The van der Waals surface area contributed by atoms with Gasteiger partial charge in [0.1, 0.15) is 0 Å². The van der Waals surface area contributed by atoms with E-state index in [0.29, 0.717) is 61.9 Å². The molecule has 2 heterocycles. The van der Waals surface area contributed by atoms with Crippen LogP contribution in [0.2, 0.25) is 0 Å². The van der Waals surface area contributed by atoms with E-state index in [4.69, 9.17) is 15.0 Å². The second-order valence-electron chi connectivity index (χ2n) is 12.6. The van der Waals surface area contributed by atoms with Gasteiger partial charge < -0.3 is 4.57 Å². The monoisotopic (exact) mass is 736 g/mol. The lowest BCUT2D eigenvalue weighted by molar-refractivity contribution is -0.143. The van der Waals surface area contributed by atoms with Crippen molar-refractivity contribution in [2.24, 2.45) is 0 Å². The normalized spacial score (nSPS) is 11.8. The third kappa shape index (κ3) is 6.51. The van der Waals surface area contributed by atoms with Gasteiger partial charge in [0.2, 0.25) is 0 Å². The van der Waals surface area contributed by atoms with Crippen molar-refractivity contribution in [1.82, 2.24) is 19.5 Å². The molecule has 0 N–H and O–H groups in total. The molecule has 6 aromatic carbocycles. The van der Waals surface area contributed by atoms with Gasteiger partial charge >= 0.3 is 12.4 Å². The molecule has 55 heavy (non-hydrogen) atoms. The first kappa shape index (κ1) is 34.8. The Hall–Kier alpha value is -7.31. The summed E-state index contributed by atoms with van der Waals surface area (Å²) in [4.78, 5) is 14.2. The zero-order chi connectivity index (χ0) is 38.5. The first-order valence-corrected chi connectivity index (χ1v) is 16.6. The number of halogens is 6. The first-order valence-electron chi connectivity index (χ1n) is 16.6. The number of nitrogens with zero attached hydrogens (tertiary/aromatic N) is 6. The van der Waals surface area contributed by atoms with Crippen molar-refractivity contribution < 1.29 is 26.3 Å². The van der Waals surface area contributed by atoms with Gasteiger partial charge in [-0.25, -0.2) is 15.0 Å². The molecule has 8 rings (SSSR count). The molecule has 0 aliphatic rings. The standard InChI is InChI=1S/C43H22F6N6/c44-42(45,46)30-19-29(20-31(21-30)43(47,48)49)33-14-13-32(55-37-15-11-25(23-50)17-34(37)35-18-26(24-51)12-16-38(35)55)22-36(33)41-53-39(27-7-3-1-4-8-27)52-40(54-41)28-9-5-2-6-10-28/h1-22H. The Balaban J connectivity index is 1.47. The molecule has 0 saturated heterocycles. The van der Waals surface area contributed by atoms with Crippen LogP contribution in [0.3, 0.4) is 0 Å². The maximum Gasteiger partial charge on any atom is 0.416 e. The summed E-state index contributed by atoms with van der Waals surface area (Å²) in [6, 6.07) is 38.3. The van der Waals surface area contributed by atoms with E-state index >= 15 is 0 Å². The summed E-state index contributed by atoms with van der Waals surface area (Å²) in [5, 5.41) is 20.7. The Morgan fingerprint density at radius 1 is 0.455 bits per heavy atom. The van der Waals surface area contributed by atoms with E-state index in [0.717, 1.165) is 0 Å². The van der Waals surface area contributed by atoms with E-state index in [1.807, 2.05) is 16.7 Å². The minimum Gasteiger partial charge on any atom is -0.309 e. The highest BCUT2D eigenvalue weighted by Crippen LogP contribution is 2.42. The summed E-state index contributed by atoms with van der Waals surface area (Å²) >= 11 is 0. The van der Waals surface area contributed by atoms with Crippen molar-refractivity contribution >= 4 is 21.8 Å². The van der Waals surface area contributed by atoms with Crippen molar-refractivity contribution in [3.8, 4) is 63.1 Å².